The first-order valence-corrected chi connectivity index (χ1v) is 8.27. The van der Waals surface area contributed by atoms with Gasteiger partial charge >= 0.3 is 5.97 Å². The van der Waals surface area contributed by atoms with Gasteiger partial charge in [-0.2, -0.15) is 0 Å². The Morgan fingerprint density at radius 2 is 2.07 bits per heavy atom. The van der Waals surface area contributed by atoms with E-state index in [0.29, 0.717) is 16.5 Å². The lowest BCUT2D eigenvalue weighted by molar-refractivity contribution is 0.0428. The van der Waals surface area contributed by atoms with Gasteiger partial charge in [0.15, 0.2) is 18.1 Å². The van der Waals surface area contributed by atoms with Gasteiger partial charge in [0.1, 0.15) is 0 Å². The average Bonchev–Trinajstić information content (AvgIpc) is 3.42. The van der Waals surface area contributed by atoms with E-state index < -0.39 is 5.97 Å². The lowest BCUT2D eigenvalue weighted by atomic mass is 10.3. The molecule has 11 heteroatoms. The molecule has 0 N–H and O–H groups in total. The SMILES string of the molecule is O=C(OCc1nnc(-c2ccco2)o1)c1cnnn1-c1cccc(Cl)c1Cl. The maximum Gasteiger partial charge on any atom is 0.359 e. The van der Waals surface area contributed by atoms with Crippen LogP contribution in [0.4, 0.5) is 0 Å². The van der Waals surface area contributed by atoms with Crippen LogP contribution in [0.5, 0.6) is 0 Å². The number of benzene rings is 1. The normalized spacial score (nSPS) is 10.9. The molecule has 0 fully saturated rings. The van der Waals surface area contributed by atoms with E-state index in [1.54, 1.807) is 30.3 Å². The zero-order valence-corrected chi connectivity index (χ0v) is 14.9. The number of ether oxygens (including phenoxy) is 1. The highest BCUT2D eigenvalue weighted by atomic mass is 35.5. The molecule has 0 atom stereocenters. The molecule has 0 radical (unpaired) electrons. The molecule has 0 unspecified atom stereocenters. The van der Waals surface area contributed by atoms with E-state index in [1.165, 1.54) is 17.1 Å². The molecule has 0 amide bonds. The predicted octanol–water partition coefficient (Wildman–Crippen LogP) is 3.57. The van der Waals surface area contributed by atoms with E-state index >= 15 is 0 Å². The topological polar surface area (TPSA) is 109 Å². The van der Waals surface area contributed by atoms with Gasteiger partial charge < -0.3 is 13.6 Å². The lowest BCUT2D eigenvalue weighted by Crippen LogP contribution is -2.12. The van der Waals surface area contributed by atoms with Crippen LogP contribution in [0.25, 0.3) is 17.3 Å². The van der Waals surface area contributed by atoms with Crippen molar-refractivity contribution in [3.05, 3.63) is 64.4 Å². The molecule has 0 bridgehead atoms. The largest absolute Gasteiger partial charge is 0.459 e. The highest BCUT2D eigenvalue weighted by molar-refractivity contribution is 6.43. The van der Waals surface area contributed by atoms with E-state index in [4.69, 9.17) is 36.8 Å². The van der Waals surface area contributed by atoms with Crippen LogP contribution in [0.15, 0.2) is 51.6 Å². The molecule has 4 aromatic rings. The Morgan fingerprint density at radius 3 is 2.89 bits per heavy atom. The van der Waals surface area contributed by atoms with E-state index in [9.17, 15) is 4.79 Å². The van der Waals surface area contributed by atoms with Gasteiger partial charge in [-0.25, -0.2) is 9.48 Å². The van der Waals surface area contributed by atoms with Crippen LogP contribution in [0.2, 0.25) is 10.0 Å². The number of nitrogens with zero attached hydrogens (tertiary/aromatic N) is 5. The first-order chi connectivity index (χ1) is 13.1. The van der Waals surface area contributed by atoms with Gasteiger partial charge in [-0.1, -0.05) is 34.5 Å². The first kappa shape index (κ1) is 17.3. The van der Waals surface area contributed by atoms with Gasteiger partial charge in [0.25, 0.3) is 11.8 Å². The number of carbonyl (C=O) groups excluding carboxylic acids is 1. The Morgan fingerprint density at radius 1 is 1.19 bits per heavy atom. The van der Waals surface area contributed by atoms with Gasteiger partial charge in [-0.3, -0.25) is 0 Å². The van der Waals surface area contributed by atoms with E-state index in [2.05, 4.69) is 20.5 Å². The number of esters is 1. The summed E-state index contributed by atoms with van der Waals surface area (Å²) in [7, 11) is 0. The summed E-state index contributed by atoms with van der Waals surface area (Å²) in [5.41, 5.74) is 0.455. The summed E-state index contributed by atoms with van der Waals surface area (Å²) in [6.07, 6.45) is 2.73. The smallest absolute Gasteiger partial charge is 0.359 e. The van der Waals surface area contributed by atoms with Crippen molar-refractivity contribution in [2.24, 2.45) is 0 Å². The first-order valence-electron chi connectivity index (χ1n) is 7.52. The summed E-state index contributed by atoms with van der Waals surface area (Å²) in [5.74, 6) is 0.00442. The molecule has 136 valence electrons. The van der Waals surface area contributed by atoms with E-state index in [-0.39, 0.29) is 29.1 Å². The van der Waals surface area contributed by atoms with Crippen LogP contribution in [0.1, 0.15) is 16.4 Å². The Hall–Kier alpha value is -3.17. The highest BCUT2D eigenvalue weighted by Crippen LogP contribution is 2.28. The number of aromatic nitrogens is 5. The number of hydrogen-bond donors (Lipinski definition) is 0. The number of carbonyl (C=O) groups is 1. The van der Waals surface area contributed by atoms with Crippen molar-refractivity contribution in [3.8, 4) is 17.3 Å². The van der Waals surface area contributed by atoms with Gasteiger partial charge in [-0.15, -0.1) is 15.3 Å². The Kier molecular flexibility index (Phi) is 4.61. The van der Waals surface area contributed by atoms with Crippen LogP contribution in [0, 0.1) is 0 Å². The molecule has 9 nitrogen and oxygen atoms in total. The van der Waals surface area contributed by atoms with Crippen LogP contribution < -0.4 is 0 Å². The Bertz CT molecular complexity index is 1090. The molecule has 0 aliphatic heterocycles. The minimum Gasteiger partial charge on any atom is -0.459 e. The average molecular weight is 406 g/mol. The number of furan rings is 1. The fourth-order valence-electron chi connectivity index (χ4n) is 2.22. The Labute approximate surface area is 161 Å². The molecule has 0 spiro atoms. The van der Waals surface area contributed by atoms with Crippen molar-refractivity contribution in [2.75, 3.05) is 0 Å². The zero-order chi connectivity index (χ0) is 18.8. The number of halogens is 2. The molecule has 0 saturated heterocycles. The quantitative estimate of drug-likeness (QED) is 0.463. The summed E-state index contributed by atoms with van der Waals surface area (Å²) in [5, 5.41) is 15.8. The van der Waals surface area contributed by atoms with Crippen molar-refractivity contribution < 1.29 is 18.4 Å². The molecule has 0 saturated carbocycles. The molecular weight excluding hydrogens is 397 g/mol. The molecule has 4 rings (SSSR count). The number of rotatable bonds is 5. The van der Waals surface area contributed by atoms with Crippen LogP contribution in [-0.2, 0) is 11.3 Å². The van der Waals surface area contributed by atoms with Crippen molar-refractivity contribution >= 4 is 29.2 Å². The second-order valence-electron chi connectivity index (χ2n) is 5.16. The van der Waals surface area contributed by atoms with Gasteiger partial charge in [0, 0.05) is 0 Å². The van der Waals surface area contributed by atoms with E-state index in [1.807, 2.05) is 0 Å². The molecule has 3 aromatic heterocycles. The van der Waals surface area contributed by atoms with E-state index in [0.717, 1.165) is 0 Å². The van der Waals surface area contributed by atoms with Crippen LogP contribution in [0.3, 0.4) is 0 Å². The molecule has 27 heavy (non-hydrogen) atoms. The maximum atomic E-state index is 12.4. The maximum absolute atomic E-state index is 12.4. The van der Waals surface area contributed by atoms with Gasteiger partial charge in [0.05, 0.1) is 28.2 Å². The summed E-state index contributed by atoms with van der Waals surface area (Å²) >= 11 is 12.2. The van der Waals surface area contributed by atoms with Crippen molar-refractivity contribution in [2.45, 2.75) is 6.61 Å². The zero-order valence-electron chi connectivity index (χ0n) is 13.4. The fourth-order valence-corrected chi connectivity index (χ4v) is 2.60. The summed E-state index contributed by atoms with van der Waals surface area (Å²) in [4.78, 5) is 12.4. The van der Waals surface area contributed by atoms with Crippen LogP contribution >= 0.6 is 23.2 Å². The van der Waals surface area contributed by atoms with Crippen LogP contribution in [-0.4, -0.2) is 31.2 Å². The number of hydrogen-bond acceptors (Lipinski definition) is 8. The standard InChI is InChI=1S/C16H9Cl2N5O4/c17-9-3-1-4-10(14(9)18)23-11(7-19-22-23)16(24)26-8-13-20-21-15(27-13)12-5-2-6-25-12/h1-7H,8H2. The third-order valence-electron chi connectivity index (χ3n) is 3.44. The summed E-state index contributed by atoms with van der Waals surface area (Å²) in [6, 6.07) is 8.30. The second kappa shape index (κ2) is 7.22. The Balaban J connectivity index is 1.50. The molecule has 3 heterocycles. The highest BCUT2D eigenvalue weighted by Gasteiger charge is 2.20. The van der Waals surface area contributed by atoms with Crippen molar-refractivity contribution in [3.63, 3.8) is 0 Å². The molecule has 1 aromatic carbocycles. The van der Waals surface area contributed by atoms with Gasteiger partial charge in [-0.05, 0) is 24.3 Å². The monoisotopic (exact) mass is 405 g/mol. The predicted molar refractivity (Wildman–Crippen MR) is 92.5 cm³/mol. The summed E-state index contributed by atoms with van der Waals surface area (Å²) < 4.78 is 17.0. The molecule has 0 aliphatic rings. The fraction of sp³-hybridized carbons (Fsp3) is 0.0625. The molecular formula is C16H9Cl2N5O4. The minimum absolute atomic E-state index is 0.0601. The lowest BCUT2D eigenvalue weighted by Gasteiger charge is -2.08. The van der Waals surface area contributed by atoms with Crippen molar-refractivity contribution in [1.82, 2.24) is 25.2 Å². The van der Waals surface area contributed by atoms with Crippen molar-refractivity contribution in [1.29, 1.82) is 0 Å². The summed E-state index contributed by atoms with van der Waals surface area (Å²) in [6.45, 7) is -0.235. The van der Waals surface area contributed by atoms with Gasteiger partial charge in [0.2, 0.25) is 0 Å². The third kappa shape index (κ3) is 3.42. The minimum atomic E-state index is -0.700. The molecule has 0 aliphatic carbocycles. The third-order valence-corrected chi connectivity index (χ3v) is 4.25. The second-order valence-corrected chi connectivity index (χ2v) is 5.94.